The van der Waals surface area contributed by atoms with Gasteiger partial charge in [-0.05, 0) is 31.0 Å². The molecule has 1 aliphatic rings. The zero-order valence-corrected chi connectivity index (χ0v) is 14.6. The van der Waals surface area contributed by atoms with E-state index in [1.165, 1.54) is 17.8 Å². The van der Waals surface area contributed by atoms with Gasteiger partial charge >= 0.3 is 0 Å². The third kappa shape index (κ3) is 4.33. The molecule has 0 aliphatic heterocycles. The summed E-state index contributed by atoms with van der Waals surface area (Å²) in [6.45, 7) is 0. The van der Waals surface area contributed by atoms with Crippen LogP contribution in [-0.4, -0.2) is 30.1 Å². The number of rotatable bonds is 5. The fraction of sp³-hybridized carbons (Fsp3) is 0.444. The molecule has 2 aromatic rings. The van der Waals surface area contributed by atoms with Crippen LogP contribution in [-0.2, 0) is 4.74 Å². The van der Waals surface area contributed by atoms with Gasteiger partial charge in [0.2, 0.25) is 0 Å². The SMILES string of the molecule is CO[C@H]1CCCCC[C@H]1NC(=O)c1cccc(Oc2nccs2)c1. The largest absolute Gasteiger partial charge is 0.431 e. The highest BCUT2D eigenvalue weighted by Crippen LogP contribution is 2.24. The first kappa shape index (κ1) is 16.9. The molecule has 0 spiro atoms. The Balaban J connectivity index is 1.67. The van der Waals surface area contributed by atoms with Crippen molar-refractivity contribution in [2.24, 2.45) is 0 Å². The number of nitrogens with zero attached hydrogens (tertiary/aromatic N) is 1. The zero-order chi connectivity index (χ0) is 16.8. The van der Waals surface area contributed by atoms with E-state index in [0.717, 1.165) is 25.7 Å². The number of amides is 1. The molecule has 1 heterocycles. The summed E-state index contributed by atoms with van der Waals surface area (Å²) >= 11 is 1.42. The van der Waals surface area contributed by atoms with Crippen molar-refractivity contribution in [3.8, 4) is 10.9 Å². The van der Waals surface area contributed by atoms with E-state index < -0.39 is 0 Å². The van der Waals surface area contributed by atoms with E-state index in [1.54, 1.807) is 25.4 Å². The van der Waals surface area contributed by atoms with Gasteiger partial charge in [-0.2, -0.15) is 0 Å². The second-order valence-electron chi connectivity index (χ2n) is 5.92. The number of methoxy groups -OCH3 is 1. The second kappa shape index (κ2) is 8.26. The molecule has 0 unspecified atom stereocenters. The van der Waals surface area contributed by atoms with E-state index in [4.69, 9.17) is 9.47 Å². The molecular formula is C18H22N2O3S. The summed E-state index contributed by atoms with van der Waals surface area (Å²) in [5.74, 6) is 0.523. The van der Waals surface area contributed by atoms with Crippen LogP contribution in [0.3, 0.4) is 0 Å². The van der Waals surface area contributed by atoms with Crippen molar-refractivity contribution in [3.05, 3.63) is 41.4 Å². The number of nitrogens with one attached hydrogen (secondary N) is 1. The first-order valence-corrected chi connectivity index (χ1v) is 9.15. The lowest BCUT2D eigenvalue weighted by molar-refractivity contribution is 0.0568. The average Bonchev–Trinajstić information content (AvgIpc) is 3.00. The molecule has 2 atom stereocenters. The first-order valence-electron chi connectivity index (χ1n) is 8.27. The van der Waals surface area contributed by atoms with Gasteiger partial charge in [-0.1, -0.05) is 36.7 Å². The average molecular weight is 346 g/mol. The van der Waals surface area contributed by atoms with Gasteiger partial charge in [-0.25, -0.2) is 4.98 Å². The van der Waals surface area contributed by atoms with Gasteiger partial charge < -0.3 is 14.8 Å². The highest BCUT2D eigenvalue weighted by atomic mass is 32.1. The van der Waals surface area contributed by atoms with Gasteiger partial charge in [0, 0.05) is 24.3 Å². The van der Waals surface area contributed by atoms with E-state index in [9.17, 15) is 4.79 Å². The molecule has 0 bridgehead atoms. The molecule has 0 radical (unpaired) electrons. The standard InChI is InChI=1S/C18H22N2O3S/c1-22-16-9-4-2-3-8-15(16)20-17(21)13-6-5-7-14(12-13)23-18-19-10-11-24-18/h5-7,10-12,15-16H,2-4,8-9H2,1H3,(H,20,21)/t15-,16+/m1/s1. The Morgan fingerprint density at radius 2 is 2.17 bits per heavy atom. The highest BCUT2D eigenvalue weighted by molar-refractivity contribution is 7.11. The molecule has 1 aromatic carbocycles. The molecule has 1 aromatic heterocycles. The minimum atomic E-state index is -0.0893. The lowest BCUT2D eigenvalue weighted by Gasteiger charge is -2.25. The van der Waals surface area contributed by atoms with Gasteiger partial charge in [-0.15, -0.1) is 0 Å². The number of benzene rings is 1. The van der Waals surface area contributed by atoms with E-state index in [2.05, 4.69) is 10.3 Å². The third-order valence-electron chi connectivity index (χ3n) is 4.28. The predicted molar refractivity (Wildman–Crippen MR) is 93.8 cm³/mol. The van der Waals surface area contributed by atoms with Crippen LogP contribution in [0.25, 0.3) is 0 Å². The molecule has 1 aliphatic carbocycles. The molecule has 24 heavy (non-hydrogen) atoms. The fourth-order valence-electron chi connectivity index (χ4n) is 3.03. The van der Waals surface area contributed by atoms with Crippen molar-refractivity contribution in [2.45, 2.75) is 44.2 Å². The van der Waals surface area contributed by atoms with Crippen LogP contribution in [0.2, 0.25) is 0 Å². The Kier molecular flexibility index (Phi) is 5.82. The van der Waals surface area contributed by atoms with Crippen LogP contribution in [0.1, 0.15) is 42.5 Å². The van der Waals surface area contributed by atoms with E-state index in [0.29, 0.717) is 16.5 Å². The predicted octanol–water partition coefficient (Wildman–Crippen LogP) is 4.01. The topological polar surface area (TPSA) is 60.5 Å². The van der Waals surface area contributed by atoms with Crippen molar-refractivity contribution in [1.29, 1.82) is 0 Å². The number of aromatic nitrogens is 1. The molecule has 1 N–H and O–H groups in total. The minimum absolute atomic E-state index is 0.0635. The summed E-state index contributed by atoms with van der Waals surface area (Å²) in [4.78, 5) is 16.7. The lowest BCUT2D eigenvalue weighted by Crippen LogP contribution is -2.43. The first-order chi connectivity index (χ1) is 11.8. The zero-order valence-electron chi connectivity index (χ0n) is 13.7. The van der Waals surface area contributed by atoms with Crippen LogP contribution in [0.5, 0.6) is 10.9 Å². The summed E-state index contributed by atoms with van der Waals surface area (Å²) < 4.78 is 11.2. The van der Waals surface area contributed by atoms with Crippen molar-refractivity contribution in [2.75, 3.05) is 7.11 Å². The van der Waals surface area contributed by atoms with Crippen molar-refractivity contribution in [1.82, 2.24) is 10.3 Å². The van der Waals surface area contributed by atoms with Crippen LogP contribution in [0, 0.1) is 0 Å². The van der Waals surface area contributed by atoms with Gasteiger partial charge in [0.25, 0.3) is 11.1 Å². The molecule has 5 nitrogen and oxygen atoms in total. The molecule has 6 heteroatoms. The molecule has 1 saturated carbocycles. The molecular weight excluding hydrogens is 324 g/mol. The van der Waals surface area contributed by atoms with Crippen LogP contribution < -0.4 is 10.1 Å². The van der Waals surface area contributed by atoms with Crippen LogP contribution in [0.4, 0.5) is 0 Å². The van der Waals surface area contributed by atoms with Gasteiger partial charge in [-0.3, -0.25) is 4.79 Å². The van der Waals surface area contributed by atoms with Gasteiger partial charge in [0.1, 0.15) is 5.75 Å². The maximum atomic E-state index is 12.6. The molecule has 128 valence electrons. The quantitative estimate of drug-likeness (QED) is 0.831. The smallest absolute Gasteiger partial charge is 0.278 e. The normalized spacial score (nSPS) is 21.0. The highest BCUT2D eigenvalue weighted by Gasteiger charge is 2.25. The number of hydrogen-bond donors (Lipinski definition) is 1. The van der Waals surface area contributed by atoms with Crippen molar-refractivity contribution < 1.29 is 14.3 Å². The Morgan fingerprint density at radius 1 is 1.29 bits per heavy atom. The van der Waals surface area contributed by atoms with Crippen LogP contribution in [0.15, 0.2) is 35.8 Å². The lowest BCUT2D eigenvalue weighted by atomic mass is 10.1. The van der Waals surface area contributed by atoms with E-state index in [-0.39, 0.29) is 18.1 Å². The Morgan fingerprint density at radius 3 is 2.96 bits per heavy atom. The number of carbonyl (C=O) groups is 1. The summed E-state index contributed by atoms with van der Waals surface area (Å²) in [6.07, 6.45) is 7.21. The number of ether oxygens (including phenoxy) is 2. The summed E-state index contributed by atoms with van der Waals surface area (Å²) in [7, 11) is 1.72. The maximum Gasteiger partial charge on any atom is 0.278 e. The van der Waals surface area contributed by atoms with E-state index >= 15 is 0 Å². The fourth-order valence-corrected chi connectivity index (χ4v) is 3.54. The summed E-state index contributed by atoms with van der Waals surface area (Å²) in [6, 6.07) is 7.24. The number of thiazole rings is 1. The maximum absolute atomic E-state index is 12.6. The van der Waals surface area contributed by atoms with E-state index in [1.807, 2.05) is 17.5 Å². The molecule has 0 saturated heterocycles. The molecule has 3 rings (SSSR count). The molecule has 1 amide bonds. The number of carbonyl (C=O) groups excluding carboxylic acids is 1. The summed E-state index contributed by atoms with van der Waals surface area (Å²) in [5.41, 5.74) is 0.586. The Labute approximate surface area is 146 Å². The Hall–Kier alpha value is -1.92. The van der Waals surface area contributed by atoms with Crippen molar-refractivity contribution >= 4 is 17.2 Å². The second-order valence-corrected chi connectivity index (χ2v) is 6.78. The monoisotopic (exact) mass is 346 g/mol. The van der Waals surface area contributed by atoms with Crippen molar-refractivity contribution in [3.63, 3.8) is 0 Å². The summed E-state index contributed by atoms with van der Waals surface area (Å²) in [5, 5.41) is 5.55. The molecule has 1 fully saturated rings. The number of hydrogen-bond acceptors (Lipinski definition) is 5. The van der Waals surface area contributed by atoms with Gasteiger partial charge in [0.05, 0.1) is 12.1 Å². The minimum Gasteiger partial charge on any atom is -0.431 e. The third-order valence-corrected chi connectivity index (χ3v) is 4.93. The van der Waals surface area contributed by atoms with Gasteiger partial charge in [0.15, 0.2) is 0 Å². The van der Waals surface area contributed by atoms with Crippen LogP contribution >= 0.6 is 11.3 Å². The Bertz CT molecular complexity index is 660.